The quantitative estimate of drug-likeness (QED) is 0.445. The van der Waals surface area contributed by atoms with Gasteiger partial charge in [0.2, 0.25) is 5.91 Å². The number of carbonyl (C=O) groups excluding carboxylic acids is 2. The monoisotopic (exact) mass is 490 g/mol. The third-order valence-electron chi connectivity index (χ3n) is 6.83. The number of hydrogen-bond acceptors (Lipinski definition) is 5. The lowest BCUT2D eigenvalue weighted by Gasteiger charge is -2.18. The third-order valence-corrected chi connectivity index (χ3v) is 7.77. The molecule has 1 fully saturated rings. The van der Waals surface area contributed by atoms with Crippen molar-refractivity contribution in [3.05, 3.63) is 82.0 Å². The van der Waals surface area contributed by atoms with Gasteiger partial charge in [0, 0.05) is 22.8 Å². The summed E-state index contributed by atoms with van der Waals surface area (Å²) in [5, 5.41) is 16.8. The van der Waals surface area contributed by atoms with E-state index in [1.807, 2.05) is 24.3 Å². The number of aliphatic carboxylic acids is 1. The van der Waals surface area contributed by atoms with Gasteiger partial charge in [0.25, 0.3) is 0 Å². The molecule has 2 aliphatic carbocycles. The molecule has 1 saturated carbocycles. The van der Waals surface area contributed by atoms with Crippen LogP contribution in [0.25, 0.3) is 11.1 Å². The van der Waals surface area contributed by atoms with Crippen molar-refractivity contribution < 1.29 is 24.2 Å². The summed E-state index contributed by atoms with van der Waals surface area (Å²) >= 11 is 1.29. The number of carboxylic acids is 1. The van der Waals surface area contributed by atoms with E-state index < -0.39 is 18.1 Å². The Morgan fingerprint density at radius 1 is 0.971 bits per heavy atom. The second-order valence-corrected chi connectivity index (χ2v) is 9.95. The normalized spacial score (nSPS) is 19.4. The van der Waals surface area contributed by atoms with Gasteiger partial charge in [0.1, 0.15) is 6.61 Å². The Bertz CT molecular complexity index is 1200. The molecule has 0 saturated heterocycles. The van der Waals surface area contributed by atoms with Crippen molar-refractivity contribution in [3.8, 4) is 11.1 Å². The highest BCUT2D eigenvalue weighted by Crippen LogP contribution is 2.44. The molecule has 8 heteroatoms. The predicted octanol–water partition coefficient (Wildman–Crippen LogP) is 4.70. The van der Waals surface area contributed by atoms with E-state index in [4.69, 9.17) is 4.74 Å². The van der Waals surface area contributed by atoms with Gasteiger partial charge in [0.15, 0.2) is 6.04 Å². The van der Waals surface area contributed by atoms with E-state index in [9.17, 15) is 19.5 Å². The molecule has 3 atom stereocenters. The zero-order valence-corrected chi connectivity index (χ0v) is 19.8. The summed E-state index contributed by atoms with van der Waals surface area (Å²) < 4.78 is 5.62. The molecule has 1 heterocycles. The molecule has 2 aromatic carbocycles. The number of benzene rings is 2. The first-order valence-corrected chi connectivity index (χ1v) is 12.6. The van der Waals surface area contributed by atoms with E-state index in [0.29, 0.717) is 24.1 Å². The second kappa shape index (κ2) is 9.92. The van der Waals surface area contributed by atoms with Crippen molar-refractivity contribution in [1.82, 2.24) is 10.6 Å². The minimum absolute atomic E-state index is 0.0135. The average molecular weight is 491 g/mol. The van der Waals surface area contributed by atoms with E-state index in [-0.39, 0.29) is 30.4 Å². The molecule has 2 amide bonds. The van der Waals surface area contributed by atoms with Crippen LogP contribution in [0.5, 0.6) is 0 Å². The number of ether oxygens (including phenoxy) is 1. The maximum absolute atomic E-state index is 12.7. The number of alkyl carbamates (subject to hydrolysis) is 1. The molecule has 3 aromatic rings. The zero-order valence-electron chi connectivity index (χ0n) is 19.0. The van der Waals surface area contributed by atoms with Crippen LogP contribution in [0.15, 0.2) is 66.0 Å². The minimum Gasteiger partial charge on any atom is -0.479 e. The lowest BCUT2D eigenvalue weighted by Crippen LogP contribution is -2.38. The van der Waals surface area contributed by atoms with Gasteiger partial charge in [0.05, 0.1) is 0 Å². The lowest BCUT2D eigenvalue weighted by molar-refractivity contribution is -0.142. The number of rotatable bonds is 7. The number of amides is 2. The maximum atomic E-state index is 12.7. The summed E-state index contributed by atoms with van der Waals surface area (Å²) in [4.78, 5) is 37.5. The first kappa shape index (κ1) is 23.1. The fourth-order valence-corrected chi connectivity index (χ4v) is 5.89. The zero-order chi connectivity index (χ0) is 24.4. The van der Waals surface area contributed by atoms with Crippen LogP contribution in [0.4, 0.5) is 4.79 Å². The lowest BCUT2D eigenvalue weighted by atomic mass is 9.98. The molecule has 0 bridgehead atoms. The third kappa shape index (κ3) is 4.79. The van der Waals surface area contributed by atoms with Gasteiger partial charge in [-0.3, -0.25) is 4.79 Å². The average Bonchev–Trinajstić information content (AvgIpc) is 3.61. The number of thiophene rings is 1. The van der Waals surface area contributed by atoms with Crippen molar-refractivity contribution in [3.63, 3.8) is 0 Å². The smallest absolute Gasteiger partial charge is 0.407 e. The number of nitrogens with one attached hydrogen (secondary N) is 2. The molecule has 1 aromatic heterocycles. The predicted molar refractivity (Wildman–Crippen MR) is 132 cm³/mol. The molecule has 1 unspecified atom stereocenters. The summed E-state index contributed by atoms with van der Waals surface area (Å²) in [5.41, 5.74) is 4.64. The largest absolute Gasteiger partial charge is 0.479 e. The van der Waals surface area contributed by atoms with Crippen molar-refractivity contribution >= 4 is 29.3 Å². The minimum atomic E-state index is -1.09. The van der Waals surface area contributed by atoms with Crippen LogP contribution in [0.3, 0.4) is 0 Å². The fraction of sp³-hybridized carbons (Fsp3) is 0.296. The van der Waals surface area contributed by atoms with Gasteiger partial charge in [-0.05, 0) is 53.0 Å². The summed E-state index contributed by atoms with van der Waals surface area (Å²) in [6.07, 6.45) is 1.17. The van der Waals surface area contributed by atoms with E-state index in [1.165, 1.54) is 22.5 Å². The van der Waals surface area contributed by atoms with Gasteiger partial charge in [-0.1, -0.05) is 54.6 Å². The van der Waals surface area contributed by atoms with Crippen LogP contribution < -0.4 is 10.6 Å². The van der Waals surface area contributed by atoms with Gasteiger partial charge in [-0.25, -0.2) is 9.59 Å². The van der Waals surface area contributed by atoms with Crippen molar-refractivity contribution in [2.24, 2.45) is 5.92 Å². The van der Waals surface area contributed by atoms with Crippen molar-refractivity contribution in [1.29, 1.82) is 0 Å². The molecular weight excluding hydrogens is 464 g/mol. The molecule has 180 valence electrons. The van der Waals surface area contributed by atoms with Crippen LogP contribution in [-0.2, 0) is 14.3 Å². The van der Waals surface area contributed by atoms with Gasteiger partial charge < -0.3 is 20.5 Å². The van der Waals surface area contributed by atoms with Crippen LogP contribution in [0.1, 0.15) is 47.2 Å². The number of hydrogen-bond donors (Lipinski definition) is 3. The second-order valence-electron chi connectivity index (χ2n) is 8.97. The molecule has 5 rings (SSSR count). The van der Waals surface area contributed by atoms with E-state index in [0.717, 1.165) is 11.1 Å². The highest BCUT2D eigenvalue weighted by atomic mass is 32.1. The Kier molecular flexibility index (Phi) is 6.55. The first-order chi connectivity index (χ1) is 17.0. The van der Waals surface area contributed by atoms with Crippen LogP contribution >= 0.6 is 11.3 Å². The first-order valence-electron chi connectivity index (χ1n) is 11.7. The van der Waals surface area contributed by atoms with Gasteiger partial charge >= 0.3 is 12.1 Å². The summed E-state index contributed by atoms with van der Waals surface area (Å²) in [5.74, 6) is -1.76. The van der Waals surface area contributed by atoms with Crippen molar-refractivity contribution in [2.45, 2.75) is 37.3 Å². The molecule has 3 N–H and O–H groups in total. The number of carbonyl (C=O) groups is 3. The van der Waals surface area contributed by atoms with Crippen LogP contribution in [-0.4, -0.2) is 35.7 Å². The van der Waals surface area contributed by atoms with Crippen LogP contribution in [0, 0.1) is 5.92 Å². The molecule has 0 radical (unpaired) electrons. The Morgan fingerprint density at radius 2 is 1.66 bits per heavy atom. The number of fused-ring (bicyclic) bond motifs is 3. The standard InChI is InChI=1S/C27H26N2O5S/c30-25(29-24(26(31)32)23-10-5-13-35-23)16-11-12-17(14-16)28-27(33)34-15-22-20-8-3-1-6-18(20)19-7-2-4-9-21(19)22/h1-10,13,16-17,22,24H,11-12,14-15H2,(H,28,33)(H,29,30)(H,31,32)/t16-,17+,24?/m1/s1. The molecule has 0 spiro atoms. The highest BCUT2D eigenvalue weighted by Gasteiger charge is 2.34. The van der Waals surface area contributed by atoms with Crippen molar-refractivity contribution in [2.75, 3.05) is 6.61 Å². The molecular formula is C27H26N2O5S. The summed E-state index contributed by atoms with van der Waals surface area (Å²) in [6.45, 7) is 0.234. The fourth-order valence-electron chi connectivity index (χ4n) is 5.13. The Balaban J connectivity index is 1.14. The Hall–Kier alpha value is -3.65. The van der Waals surface area contributed by atoms with Crippen LogP contribution in [0.2, 0.25) is 0 Å². The summed E-state index contributed by atoms with van der Waals surface area (Å²) in [7, 11) is 0. The molecule has 7 nitrogen and oxygen atoms in total. The van der Waals surface area contributed by atoms with E-state index in [1.54, 1.807) is 17.5 Å². The topological polar surface area (TPSA) is 105 Å². The van der Waals surface area contributed by atoms with E-state index >= 15 is 0 Å². The SMILES string of the molecule is O=C(N[C@H]1CC[C@@H](C(=O)NC(C(=O)O)c2cccs2)C1)OCC1c2ccccc2-c2ccccc21. The Labute approximate surface area is 207 Å². The van der Waals surface area contributed by atoms with E-state index in [2.05, 4.69) is 34.9 Å². The molecule has 0 aliphatic heterocycles. The number of carboxylic acid groups (broad SMARTS) is 1. The van der Waals surface area contributed by atoms with Gasteiger partial charge in [-0.2, -0.15) is 0 Å². The molecule has 35 heavy (non-hydrogen) atoms. The highest BCUT2D eigenvalue weighted by molar-refractivity contribution is 7.10. The summed E-state index contributed by atoms with van der Waals surface area (Å²) in [6, 6.07) is 18.5. The van der Waals surface area contributed by atoms with Gasteiger partial charge in [-0.15, -0.1) is 11.3 Å². The molecule has 2 aliphatic rings. The maximum Gasteiger partial charge on any atom is 0.407 e. The Morgan fingerprint density at radius 3 is 2.29 bits per heavy atom.